The standard InChI is InChI=1S/C25H18Cl3N3O3/c1-2-30(19-6-4-3-5-7-19)23(32)15-8-10-18(11-9-15)29-22-21(28)24(33)31(25(22)34)20-13-16(26)12-17(27)14-20/h3-14,29H,2H2,1H3. The molecule has 1 aliphatic rings. The number of nitrogens with zero attached hydrogens (tertiary/aromatic N) is 2. The quantitative estimate of drug-likeness (QED) is 0.404. The molecule has 9 heteroatoms. The smallest absolute Gasteiger partial charge is 0.283 e. The van der Waals surface area contributed by atoms with Crippen molar-refractivity contribution in [1.29, 1.82) is 0 Å². The minimum absolute atomic E-state index is 0.0821. The van der Waals surface area contributed by atoms with Crippen LogP contribution in [0.2, 0.25) is 10.0 Å². The van der Waals surface area contributed by atoms with Crippen LogP contribution in [0.15, 0.2) is 83.5 Å². The van der Waals surface area contributed by atoms with Crippen molar-refractivity contribution in [2.45, 2.75) is 6.92 Å². The molecule has 3 amide bonds. The Labute approximate surface area is 211 Å². The number of imide groups is 1. The summed E-state index contributed by atoms with van der Waals surface area (Å²) in [6.45, 7) is 2.40. The highest BCUT2D eigenvalue weighted by Crippen LogP contribution is 2.33. The second-order valence-corrected chi connectivity index (χ2v) is 8.60. The lowest BCUT2D eigenvalue weighted by molar-refractivity contribution is -0.120. The van der Waals surface area contributed by atoms with Crippen molar-refractivity contribution in [3.05, 3.63) is 99.1 Å². The largest absolute Gasteiger partial charge is 0.350 e. The molecule has 6 nitrogen and oxygen atoms in total. The molecule has 0 fully saturated rings. The van der Waals surface area contributed by atoms with E-state index in [2.05, 4.69) is 5.32 Å². The van der Waals surface area contributed by atoms with Crippen LogP contribution >= 0.6 is 34.8 Å². The van der Waals surface area contributed by atoms with E-state index in [-0.39, 0.29) is 32.4 Å². The second-order valence-electron chi connectivity index (χ2n) is 7.35. The second kappa shape index (κ2) is 9.89. The monoisotopic (exact) mass is 513 g/mol. The molecule has 0 atom stereocenters. The van der Waals surface area contributed by atoms with E-state index >= 15 is 0 Å². The summed E-state index contributed by atoms with van der Waals surface area (Å²) in [5, 5.41) is 3.17. The van der Waals surface area contributed by atoms with Gasteiger partial charge in [-0.25, -0.2) is 4.90 Å². The van der Waals surface area contributed by atoms with E-state index in [1.807, 2.05) is 37.3 Å². The van der Waals surface area contributed by atoms with Gasteiger partial charge in [-0.1, -0.05) is 53.0 Å². The third kappa shape index (κ3) is 4.66. The number of carbonyl (C=O) groups excluding carboxylic acids is 3. The van der Waals surface area contributed by atoms with Gasteiger partial charge in [-0.05, 0) is 61.5 Å². The summed E-state index contributed by atoms with van der Waals surface area (Å²) in [5.74, 6) is -1.50. The molecular weight excluding hydrogens is 497 g/mol. The molecule has 172 valence electrons. The van der Waals surface area contributed by atoms with Gasteiger partial charge in [0.1, 0.15) is 10.7 Å². The minimum Gasteiger partial charge on any atom is -0.350 e. The number of benzene rings is 3. The van der Waals surface area contributed by atoms with Crippen molar-refractivity contribution in [2.75, 3.05) is 21.7 Å². The Morgan fingerprint density at radius 2 is 1.50 bits per heavy atom. The van der Waals surface area contributed by atoms with Gasteiger partial charge in [-0.2, -0.15) is 0 Å². The molecule has 1 aliphatic heterocycles. The highest BCUT2D eigenvalue weighted by molar-refractivity contribution is 6.53. The van der Waals surface area contributed by atoms with Crippen molar-refractivity contribution >= 4 is 69.6 Å². The maximum atomic E-state index is 13.0. The molecule has 0 unspecified atom stereocenters. The van der Waals surface area contributed by atoms with E-state index in [9.17, 15) is 14.4 Å². The van der Waals surface area contributed by atoms with Gasteiger partial charge in [-0.3, -0.25) is 14.4 Å². The minimum atomic E-state index is -0.694. The van der Waals surface area contributed by atoms with E-state index < -0.39 is 11.8 Å². The summed E-state index contributed by atoms with van der Waals surface area (Å²) >= 11 is 18.2. The summed E-state index contributed by atoms with van der Waals surface area (Å²) < 4.78 is 0. The van der Waals surface area contributed by atoms with Gasteiger partial charge in [-0.15, -0.1) is 0 Å². The average molecular weight is 515 g/mol. The number of halogens is 3. The fourth-order valence-electron chi connectivity index (χ4n) is 3.56. The molecule has 0 radical (unpaired) electrons. The molecule has 0 bridgehead atoms. The first-order chi connectivity index (χ1) is 16.3. The Morgan fingerprint density at radius 3 is 2.09 bits per heavy atom. The highest BCUT2D eigenvalue weighted by Gasteiger charge is 2.39. The number of rotatable bonds is 6. The van der Waals surface area contributed by atoms with Crippen LogP contribution in [0.5, 0.6) is 0 Å². The number of amides is 3. The topological polar surface area (TPSA) is 69.7 Å². The summed E-state index contributed by atoms with van der Waals surface area (Å²) in [6, 6.07) is 20.3. The number of hydrogen-bond donors (Lipinski definition) is 1. The van der Waals surface area contributed by atoms with Crippen LogP contribution in [-0.4, -0.2) is 24.3 Å². The maximum Gasteiger partial charge on any atom is 0.283 e. The van der Waals surface area contributed by atoms with Gasteiger partial charge in [0.05, 0.1) is 5.69 Å². The fourth-order valence-corrected chi connectivity index (χ4v) is 4.29. The predicted octanol–water partition coefficient (Wildman–Crippen LogP) is 6.10. The molecule has 0 saturated heterocycles. The van der Waals surface area contributed by atoms with Crippen LogP contribution in [0.1, 0.15) is 17.3 Å². The Kier molecular flexibility index (Phi) is 6.93. The number of carbonyl (C=O) groups is 3. The molecule has 0 aromatic heterocycles. The molecule has 0 aliphatic carbocycles. The van der Waals surface area contributed by atoms with Gasteiger partial charge < -0.3 is 10.2 Å². The first-order valence-electron chi connectivity index (χ1n) is 10.3. The van der Waals surface area contributed by atoms with Gasteiger partial charge in [0, 0.05) is 33.5 Å². The van der Waals surface area contributed by atoms with E-state index in [0.717, 1.165) is 10.6 Å². The number of para-hydroxylation sites is 1. The van der Waals surface area contributed by atoms with Crippen LogP contribution in [-0.2, 0) is 9.59 Å². The average Bonchev–Trinajstić information content (AvgIpc) is 3.03. The van der Waals surface area contributed by atoms with Gasteiger partial charge in [0.25, 0.3) is 17.7 Å². The van der Waals surface area contributed by atoms with E-state index in [1.54, 1.807) is 29.2 Å². The Balaban J connectivity index is 1.53. The third-order valence-corrected chi connectivity index (χ3v) is 5.95. The summed E-state index contributed by atoms with van der Waals surface area (Å²) in [6.07, 6.45) is 0. The van der Waals surface area contributed by atoms with Crippen LogP contribution < -0.4 is 15.1 Å². The van der Waals surface area contributed by atoms with Crippen LogP contribution in [0, 0.1) is 0 Å². The normalized spacial score (nSPS) is 13.5. The van der Waals surface area contributed by atoms with E-state index in [1.165, 1.54) is 18.2 Å². The molecule has 34 heavy (non-hydrogen) atoms. The van der Waals surface area contributed by atoms with Crippen molar-refractivity contribution in [3.8, 4) is 0 Å². The summed E-state index contributed by atoms with van der Waals surface area (Å²) in [4.78, 5) is 41.2. The molecule has 3 aromatic rings. The first-order valence-corrected chi connectivity index (χ1v) is 11.4. The van der Waals surface area contributed by atoms with E-state index in [0.29, 0.717) is 17.8 Å². The van der Waals surface area contributed by atoms with Crippen molar-refractivity contribution in [2.24, 2.45) is 0 Å². The molecule has 3 aromatic carbocycles. The zero-order valence-electron chi connectivity index (χ0n) is 17.9. The summed E-state index contributed by atoms with van der Waals surface area (Å²) in [5.41, 5.74) is 1.88. The molecular formula is C25H18Cl3N3O3. The maximum absolute atomic E-state index is 13.0. The summed E-state index contributed by atoms with van der Waals surface area (Å²) in [7, 11) is 0. The van der Waals surface area contributed by atoms with Crippen molar-refractivity contribution < 1.29 is 14.4 Å². The lowest BCUT2D eigenvalue weighted by Gasteiger charge is -2.21. The lowest BCUT2D eigenvalue weighted by Crippen LogP contribution is -2.32. The number of hydrogen-bond acceptors (Lipinski definition) is 4. The Morgan fingerprint density at radius 1 is 0.882 bits per heavy atom. The Hall–Kier alpha value is -3.32. The van der Waals surface area contributed by atoms with Crippen molar-refractivity contribution in [1.82, 2.24) is 0 Å². The van der Waals surface area contributed by atoms with E-state index in [4.69, 9.17) is 34.8 Å². The molecule has 0 spiro atoms. The van der Waals surface area contributed by atoms with Crippen LogP contribution in [0.3, 0.4) is 0 Å². The molecule has 0 saturated carbocycles. The number of anilines is 3. The van der Waals surface area contributed by atoms with Crippen LogP contribution in [0.25, 0.3) is 0 Å². The lowest BCUT2D eigenvalue weighted by atomic mass is 10.1. The van der Waals surface area contributed by atoms with Crippen molar-refractivity contribution in [3.63, 3.8) is 0 Å². The number of nitrogens with one attached hydrogen (secondary N) is 1. The van der Waals surface area contributed by atoms with Crippen LogP contribution in [0.4, 0.5) is 17.1 Å². The highest BCUT2D eigenvalue weighted by atomic mass is 35.5. The van der Waals surface area contributed by atoms with Gasteiger partial charge in [0.2, 0.25) is 0 Å². The Bertz CT molecular complexity index is 1290. The SMILES string of the molecule is CCN(C(=O)c1ccc(NC2=C(Cl)C(=O)N(c3cc(Cl)cc(Cl)c3)C2=O)cc1)c1ccccc1. The molecule has 4 rings (SSSR count). The van der Waals surface area contributed by atoms with Gasteiger partial charge >= 0.3 is 0 Å². The molecule has 1 heterocycles. The first kappa shape index (κ1) is 23.8. The predicted molar refractivity (Wildman–Crippen MR) is 136 cm³/mol. The zero-order chi connectivity index (χ0) is 24.4. The van der Waals surface area contributed by atoms with Gasteiger partial charge in [0.15, 0.2) is 0 Å². The zero-order valence-corrected chi connectivity index (χ0v) is 20.2. The third-order valence-electron chi connectivity index (χ3n) is 5.16. The fraction of sp³-hybridized carbons (Fsp3) is 0.0800. The molecule has 1 N–H and O–H groups in total.